The van der Waals surface area contributed by atoms with Crippen molar-refractivity contribution in [3.63, 3.8) is 0 Å². The molecule has 0 bridgehead atoms. The number of primary amides is 1. The third kappa shape index (κ3) is 4.00. The Hall–Kier alpha value is -1.18. The van der Waals surface area contributed by atoms with Crippen molar-refractivity contribution < 1.29 is 9.90 Å². The van der Waals surface area contributed by atoms with Crippen LogP contribution in [-0.2, 0) is 0 Å². The van der Waals surface area contributed by atoms with E-state index in [1.54, 1.807) is 0 Å². The van der Waals surface area contributed by atoms with Gasteiger partial charge in [-0.3, -0.25) is 4.79 Å². The molecule has 7 nitrogen and oxygen atoms in total. The van der Waals surface area contributed by atoms with Gasteiger partial charge in [-0.15, -0.1) is 10.3 Å². The van der Waals surface area contributed by atoms with Gasteiger partial charge in [-0.05, 0) is 32.0 Å². The van der Waals surface area contributed by atoms with Crippen molar-refractivity contribution in [2.45, 2.75) is 63.9 Å². The molecule has 22 radical (unpaired) electrons. The standard InChI is InChI=1S/C16H16B11N5O2/c1-10(2,3)32-9-29-4-5(6(28)33)7(30-9)31-11(18)8(17)12(19,34)13(20,16(25,26)27)15(23,24)14(11,21)22/h4,8,34H,1-3H3,(H2,28,33)(H2,29,30,31,32). The van der Waals surface area contributed by atoms with E-state index in [2.05, 4.69) is 20.6 Å². The Morgan fingerprint density at radius 3 is 1.97 bits per heavy atom. The van der Waals surface area contributed by atoms with Gasteiger partial charge in [-0.25, -0.2) is 4.98 Å². The van der Waals surface area contributed by atoms with E-state index in [4.69, 9.17) is 92.0 Å². The summed E-state index contributed by atoms with van der Waals surface area (Å²) in [7, 11) is 67.3. The Labute approximate surface area is 215 Å². The zero-order valence-electron chi connectivity index (χ0n) is 19.3. The van der Waals surface area contributed by atoms with Crippen LogP contribution in [0.2, 0.25) is 26.7 Å². The first-order chi connectivity index (χ1) is 14.9. The molecule has 4 unspecified atom stereocenters. The van der Waals surface area contributed by atoms with E-state index in [1.807, 2.05) is 20.8 Å². The summed E-state index contributed by atoms with van der Waals surface area (Å²) in [5.41, 5.74) is -0.622. The SMILES string of the molecule is [B]C1C([B])(O)C([B])(C([B])([B])[B])C([B])([B])C([B])([B])C1([B])Nc1nc(NC(C)(C)C)ncc1C(N)=O. The number of aliphatic hydroxyl groups is 1. The van der Waals surface area contributed by atoms with Gasteiger partial charge in [0.1, 0.15) is 21.5 Å². The molecule has 150 valence electrons. The zero-order valence-corrected chi connectivity index (χ0v) is 19.3. The maximum absolute atomic E-state index is 12.1. The molecule has 1 aliphatic carbocycles. The lowest BCUT2D eigenvalue weighted by molar-refractivity contribution is 0.0156. The lowest BCUT2D eigenvalue weighted by Crippen LogP contribution is -2.76. The van der Waals surface area contributed by atoms with Crippen molar-refractivity contribution >= 4 is 104 Å². The number of amides is 1. The summed E-state index contributed by atoms with van der Waals surface area (Å²) < 4.78 is 0. The number of nitrogens with zero attached hydrogens (tertiary/aromatic N) is 2. The molecule has 1 aromatic rings. The van der Waals surface area contributed by atoms with E-state index in [0.717, 1.165) is 6.20 Å². The lowest BCUT2D eigenvalue weighted by Gasteiger charge is -2.79. The Morgan fingerprint density at radius 2 is 1.56 bits per heavy atom. The van der Waals surface area contributed by atoms with Gasteiger partial charge in [0.25, 0.3) is 5.91 Å². The summed E-state index contributed by atoms with van der Waals surface area (Å²) in [5, 5.41) is 6.25. The highest BCUT2D eigenvalue weighted by Crippen LogP contribution is 2.78. The predicted molar refractivity (Wildman–Crippen MR) is 143 cm³/mol. The smallest absolute Gasteiger partial charge is 0.254 e. The van der Waals surface area contributed by atoms with Crippen molar-refractivity contribution in [3.05, 3.63) is 11.8 Å². The fourth-order valence-electron chi connectivity index (χ4n) is 3.98. The molecule has 18 heteroatoms. The molecular weight excluding hydrogens is 413 g/mol. The number of carbonyl (C=O) groups is 1. The van der Waals surface area contributed by atoms with Crippen LogP contribution in [0.15, 0.2) is 6.20 Å². The van der Waals surface area contributed by atoms with Crippen molar-refractivity contribution in [1.29, 1.82) is 0 Å². The highest BCUT2D eigenvalue weighted by atomic mass is 16.3. The molecular formula is C16H16B11N5O2. The van der Waals surface area contributed by atoms with Crippen molar-refractivity contribution in [2.75, 3.05) is 10.6 Å². The number of nitrogens with two attached hydrogens (primary N) is 1. The fraction of sp³-hybridized carbons (Fsp3) is 0.688. The van der Waals surface area contributed by atoms with Gasteiger partial charge in [-0.1, -0.05) is 10.5 Å². The van der Waals surface area contributed by atoms with E-state index in [-0.39, 0.29) is 17.3 Å². The Kier molecular flexibility index (Phi) is 6.99. The average Bonchev–Trinajstić information content (AvgIpc) is 2.62. The lowest BCUT2D eigenvalue weighted by atomic mass is 9.02. The minimum Gasteiger partial charge on any atom is -0.401 e. The first-order valence-electron chi connectivity index (χ1n) is 9.98. The van der Waals surface area contributed by atoms with Crippen LogP contribution in [0.4, 0.5) is 11.8 Å². The molecule has 34 heavy (non-hydrogen) atoms. The van der Waals surface area contributed by atoms with Crippen LogP contribution >= 0.6 is 0 Å². The second-order valence-corrected chi connectivity index (χ2v) is 9.97. The summed E-state index contributed by atoms with van der Waals surface area (Å²) in [6.07, 6.45) is 1.11. The van der Waals surface area contributed by atoms with E-state index < -0.39 is 49.1 Å². The van der Waals surface area contributed by atoms with Crippen molar-refractivity contribution in [2.24, 2.45) is 5.73 Å². The van der Waals surface area contributed by atoms with Gasteiger partial charge in [0, 0.05) is 17.2 Å². The highest BCUT2D eigenvalue weighted by molar-refractivity contribution is 6.69. The summed E-state index contributed by atoms with van der Waals surface area (Å²) >= 11 is 0. The third-order valence-corrected chi connectivity index (χ3v) is 6.17. The molecule has 0 saturated heterocycles. The molecule has 1 aromatic heterocycles. The van der Waals surface area contributed by atoms with Gasteiger partial charge in [0.2, 0.25) is 5.95 Å². The molecule has 1 saturated carbocycles. The molecule has 0 aliphatic heterocycles. The van der Waals surface area contributed by atoms with E-state index in [1.165, 1.54) is 0 Å². The average molecular weight is 429 g/mol. The normalized spacial score (nSPS) is 33.0. The minimum absolute atomic E-state index is 0.0560. The van der Waals surface area contributed by atoms with Crippen LogP contribution in [-0.4, -0.2) is 124 Å². The van der Waals surface area contributed by atoms with E-state index >= 15 is 0 Å². The molecule has 4 atom stereocenters. The van der Waals surface area contributed by atoms with Gasteiger partial charge in [0.15, 0.2) is 0 Å². The summed E-state index contributed by atoms with van der Waals surface area (Å²) in [6, 6.07) is 0. The number of rotatable bonds is 5. The number of hydrogen-bond acceptors (Lipinski definition) is 6. The Balaban J connectivity index is 2.78. The van der Waals surface area contributed by atoms with E-state index in [9.17, 15) is 9.90 Å². The molecule has 1 heterocycles. The third-order valence-electron chi connectivity index (χ3n) is 6.17. The quantitative estimate of drug-likeness (QED) is 0.365. The van der Waals surface area contributed by atoms with E-state index in [0.29, 0.717) is 0 Å². The van der Waals surface area contributed by atoms with Gasteiger partial charge in [0.05, 0.1) is 76.2 Å². The monoisotopic (exact) mass is 431 g/mol. The van der Waals surface area contributed by atoms with Crippen LogP contribution in [0.1, 0.15) is 31.1 Å². The highest BCUT2D eigenvalue weighted by Gasteiger charge is 2.70. The molecule has 1 amide bonds. The number of aromatic nitrogens is 2. The second-order valence-electron chi connectivity index (χ2n) is 9.97. The molecule has 1 fully saturated rings. The van der Waals surface area contributed by atoms with Crippen LogP contribution in [0.25, 0.3) is 0 Å². The number of hydrogen-bond donors (Lipinski definition) is 4. The van der Waals surface area contributed by atoms with Crippen molar-refractivity contribution in [3.8, 4) is 0 Å². The molecule has 1 aliphatic rings. The maximum atomic E-state index is 12.1. The summed E-state index contributed by atoms with van der Waals surface area (Å²) in [5.74, 6) is -3.11. The number of carbonyl (C=O) groups excluding carboxylic acids is 1. The first-order valence-corrected chi connectivity index (χ1v) is 9.98. The maximum Gasteiger partial charge on any atom is 0.254 e. The van der Waals surface area contributed by atoms with Crippen LogP contribution in [0.3, 0.4) is 0 Å². The molecule has 0 spiro atoms. The topological polar surface area (TPSA) is 113 Å². The number of nitrogens with one attached hydrogen (secondary N) is 2. The van der Waals surface area contributed by atoms with Gasteiger partial charge < -0.3 is 21.5 Å². The van der Waals surface area contributed by atoms with Crippen LogP contribution < -0.4 is 16.4 Å². The molecule has 5 N–H and O–H groups in total. The number of anilines is 2. The second kappa shape index (κ2) is 8.17. The Morgan fingerprint density at radius 1 is 1.06 bits per heavy atom. The van der Waals surface area contributed by atoms with Crippen molar-refractivity contribution in [1.82, 2.24) is 9.97 Å². The van der Waals surface area contributed by atoms with Crippen LogP contribution in [0, 0.1) is 0 Å². The summed E-state index contributed by atoms with van der Waals surface area (Å²) in [6.45, 7) is 5.51. The fourth-order valence-corrected chi connectivity index (χ4v) is 3.98. The first kappa shape index (κ1) is 29.1. The van der Waals surface area contributed by atoms with Gasteiger partial charge >= 0.3 is 0 Å². The largest absolute Gasteiger partial charge is 0.401 e. The molecule has 0 aromatic carbocycles. The zero-order chi connectivity index (χ0) is 26.9. The Bertz CT molecular complexity index is 981. The predicted octanol–water partition coefficient (Wildman–Crippen LogP) is -3.30. The van der Waals surface area contributed by atoms with Crippen LogP contribution in [0.5, 0.6) is 0 Å². The minimum atomic E-state index is -2.90. The summed E-state index contributed by atoms with van der Waals surface area (Å²) in [4.78, 5) is 20.3. The van der Waals surface area contributed by atoms with Gasteiger partial charge in [-0.2, -0.15) is 4.98 Å². The molecule has 2 rings (SSSR count).